The number of nitrogens with zero attached hydrogens (tertiary/aromatic N) is 4. The summed E-state index contributed by atoms with van der Waals surface area (Å²) in [7, 11) is 1.93. The lowest BCUT2D eigenvalue weighted by atomic mass is 10.2. The first kappa shape index (κ1) is 16.5. The minimum absolute atomic E-state index is 0.0452. The fourth-order valence-corrected chi connectivity index (χ4v) is 2.98. The molecule has 0 saturated heterocycles. The van der Waals surface area contributed by atoms with Crippen molar-refractivity contribution in [2.75, 3.05) is 0 Å². The van der Waals surface area contributed by atoms with Gasteiger partial charge in [0.05, 0.1) is 16.7 Å². The van der Waals surface area contributed by atoms with E-state index in [4.69, 9.17) is 0 Å². The lowest BCUT2D eigenvalue weighted by Gasteiger charge is -1.97. The number of hydrogen-bond donors (Lipinski definition) is 2. The van der Waals surface area contributed by atoms with Gasteiger partial charge in [-0.15, -0.1) is 0 Å². The molecule has 9 nitrogen and oxygen atoms in total. The van der Waals surface area contributed by atoms with Crippen LogP contribution in [0.25, 0.3) is 21.8 Å². The molecule has 0 aliphatic carbocycles. The first-order valence-corrected chi connectivity index (χ1v) is 8.04. The number of hydrogen-bond acceptors (Lipinski definition) is 5. The van der Waals surface area contributed by atoms with Gasteiger partial charge in [-0.05, 0) is 12.1 Å². The van der Waals surface area contributed by atoms with E-state index in [1.54, 1.807) is 6.21 Å². The highest BCUT2D eigenvalue weighted by molar-refractivity contribution is 6.06. The van der Waals surface area contributed by atoms with E-state index in [9.17, 15) is 14.9 Å². The van der Waals surface area contributed by atoms with E-state index in [1.807, 2.05) is 42.1 Å². The Kier molecular flexibility index (Phi) is 3.88. The van der Waals surface area contributed by atoms with E-state index in [-0.39, 0.29) is 11.4 Å². The Balaban J connectivity index is 1.59. The fraction of sp³-hybridized carbons (Fsp3) is 0.0556. The molecular formula is C18H14N6O3. The Labute approximate surface area is 152 Å². The van der Waals surface area contributed by atoms with Gasteiger partial charge in [-0.3, -0.25) is 20.0 Å². The predicted octanol–water partition coefficient (Wildman–Crippen LogP) is 2.73. The fourth-order valence-electron chi connectivity index (χ4n) is 2.98. The second kappa shape index (κ2) is 6.37. The topological polar surface area (TPSA) is 118 Å². The molecule has 4 rings (SSSR count). The summed E-state index contributed by atoms with van der Waals surface area (Å²) in [4.78, 5) is 22.8. The number of nitro groups is 1. The standard InChI is InChI=1S/C18H14N6O3/c1-23-10-11(13-4-2-3-5-16(13)23)9-19-22-18(25)17-14-8-12(24(26)27)6-7-15(14)20-21-17/h2-10H,1H3,(H,20,21)(H,22,25)/b19-9+. The molecule has 2 aromatic carbocycles. The number of hydrazone groups is 1. The molecule has 2 heterocycles. The van der Waals surface area contributed by atoms with E-state index in [2.05, 4.69) is 20.7 Å². The molecule has 0 unspecified atom stereocenters. The van der Waals surface area contributed by atoms with Gasteiger partial charge >= 0.3 is 0 Å². The number of para-hydroxylation sites is 1. The number of aryl methyl sites for hydroxylation is 1. The number of H-pyrrole nitrogens is 1. The number of carbonyl (C=O) groups excluding carboxylic acids is 1. The maximum Gasteiger partial charge on any atom is 0.292 e. The Hall–Kier alpha value is -4.01. The number of aromatic amines is 1. The zero-order valence-electron chi connectivity index (χ0n) is 14.2. The van der Waals surface area contributed by atoms with Crippen molar-refractivity contribution < 1.29 is 9.72 Å². The number of amides is 1. The number of aromatic nitrogens is 3. The molecule has 1 amide bonds. The molecule has 9 heteroatoms. The highest BCUT2D eigenvalue weighted by Gasteiger charge is 2.17. The summed E-state index contributed by atoms with van der Waals surface area (Å²) in [5.41, 5.74) is 4.79. The third kappa shape index (κ3) is 2.91. The summed E-state index contributed by atoms with van der Waals surface area (Å²) in [5, 5.41) is 22.9. The summed E-state index contributed by atoms with van der Waals surface area (Å²) >= 11 is 0. The van der Waals surface area contributed by atoms with Crippen LogP contribution in [0.3, 0.4) is 0 Å². The molecule has 0 aliphatic rings. The monoisotopic (exact) mass is 362 g/mol. The first-order chi connectivity index (χ1) is 13.0. The van der Waals surface area contributed by atoms with Crippen LogP contribution < -0.4 is 5.43 Å². The van der Waals surface area contributed by atoms with Gasteiger partial charge in [-0.25, -0.2) is 5.43 Å². The number of rotatable bonds is 4. The minimum atomic E-state index is -0.557. The van der Waals surface area contributed by atoms with Crippen LogP contribution in [0.5, 0.6) is 0 Å². The molecule has 134 valence electrons. The molecule has 0 atom stereocenters. The van der Waals surface area contributed by atoms with Crippen molar-refractivity contribution in [2.24, 2.45) is 12.1 Å². The van der Waals surface area contributed by atoms with Crippen LogP contribution >= 0.6 is 0 Å². The normalized spacial score (nSPS) is 11.4. The Morgan fingerprint density at radius 3 is 2.93 bits per heavy atom. The van der Waals surface area contributed by atoms with Crippen molar-refractivity contribution >= 4 is 39.6 Å². The number of fused-ring (bicyclic) bond motifs is 2. The molecule has 0 fully saturated rings. The Morgan fingerprint density at radius 2 is 2.11 bits per heavy atom. The van der Waals surface area contributed by atoms with Gasteiger partial charge in [0.2, 0.25) is 0 Å². The van der Waals surface area contributed by atoms with Gasteiger partial charge in [-0.1, -0.05) is 18.2 Å². The first-order valence-electron chi connectivity index (χ1n) is 8.04. The largest absolute Gasteiger partial charge is 0.350 e. The van der Waals surface area contributed by atoms with Crippen LogP contribution in [0.2, 0.25) is 0 Å². The number of carbonyl (C=O) groups is 1. The second-order valence-electron chi connectivity index (χ2n) is 5.97. The zero-order valence-corrected chi connectivity index (χ0v) is 14.2. The molecule has 27 heavy (non-hydrogen) atoms. The van der Waals surface area contributed by atoms with Crippen LogP contribution in [-0.2, 0) is 7.05 Å². The molecule has 0 bridgehead atoms. The Morgan fingerprint density at radius 1 is 1.30 bits per heavy atom. The van der Waals surface area contributed by atoms with E-state index in [1.165, 1.54) is 18.2 Å². The summed E-state index contributed by atoms with van der Waals surface area (Å²) in [6.07, 6.45) is 3.46. The third-order valence-corrected chi connectivity index (χ3v) is 4.27. The van der Waals surface area contributed by atoms with Crippen molar-refractivity contribution in [3.05, 3.63) is 70.0 Å². The van der Waals surface area contributed by atoms with Gasteiger partial charge in [0.25, 0.3) is 11.6 Å². The van der Waals surface area contributed by atoms with Crippen LogP contribution in [0, 0.1) is 10.1 Å². The average molecular weight is 362 g/mol. The smallest absolute Gasteiger partial charge is 0.292 e. The quantitative estimate of drug-likeness (QED) is 0.329. The summed E-state index contributed by atoms with van der Waals surface area (Å²) < 4.78 is 1.97. The molecule has 2 N–H and O–H groups in total. The molecular weight excluding hydrogens is 348 g/mol. The van der Waals surface area contributed by atoms with Crippen molar-refractivity contribution in [3.63, 3.8) is 0 Å². The van der Waals surface area contributed by atoms with Gasteiger partial charge < -0.3 is 4.57 Å². The second-order valence-corrected chi connectivity index (χ2v) is 5.97. The maximum absolute atomic E-state index is 12.4. The third-order valence-electron chi connectivity index (χ3n) is 4.27. The lowest BCUT2D eigenvalue weighted by molar-refractivity contribution is -0.384. The molecule has 2 aromatic heterocycles. The summed E-state index contributed by atoms with van der Waals surface area (Å²) in [5.74, 6) is -0.557. The zero-order chi connectivity index (χ0) is 19.0. The van der Waals surface area contributed by atoms with Gasteiger partial charge in [0, 0.05) is 47.2 Å². The van der Waals surface area contributed by atoms with Crippen molar-refractivity contribution in [1.29, 1.82) is 0 Å². The lowest BCUT2D eigenvalue weighted by Crippen LogP contribution is -2.18. The van der Waals surface area contributed by atoms with E-state index >= 15 is 0 Å². The summed E-state index contributed by atoms with van der Waals surface area (Å²) in [6, 6.07) is 12.0. The van der Waals surface area contributed by atoms with Crippen molar-refractivity contribution in [2.45, 2.75) is 0 Å². The van der Waals surface area contributed by atoms with Gasteiger partial charge in [0.15, 0.2) is 5.69 Å². The maximum atomic E-state index is 12.4. The number of nitrogens with one attached hydrogen (secondary N) is 2. The van der Waals surface area contributed by atoms with Crippen LogP contribution in [0.1, 0.15) is 16.1 Å². The van der Waals surface area contributed by atoms with E-state index in [0.29, 0.717) is 10.9 Å². The molecule has 0 aliphatic heterocycles. The average Bonchev–Trinajstić information content (AvgIpc) is 3.23. The predicted molar refractivity (Wildman–Crippen MR) is 101 cm³/mol. The minimum Gasteiger partial charge on any atom is -0.350 e. The number of nitro benzene ring substituents is 1. The van der Waals surface area contributed by atoms with Gasteiger partial charge in [0.1, 0.15) is 0 Å². The Bertz CT molecular complexity index is 1220. The van der Waals surface area contributed by atoms with Crippen molar-refractivity contribution in [3.8, 4) is 0 Å². The van der Waals surface area contributed by atoms with Gasteiger partial charge in [-0.2, -0.15) is 10.2 Å². The number of benzene rings is 2. The van der Waals surface area contributed by atoms with Crippen LogP contribution in [-0.4, -0.2) is 31.8 Å². The van der Waals surface area contributed by atoms with E-state index < -0.39 is 10.8 Å². The summed E-state index contributed by atoms with van der Waals surface area (Å²) in [6.45, 7) is 0. The van der Waals surface area contributed by atoms with E-state index in [0.717, 1.165) is 16.5 Å². The highest BCUT2D eigenvalue weighted by atomic mass is 16.6. The van der Waals surface area contributed by atoms with Crippen LogP contribution in [0.4, 0.5) is 5.69 Å². The highest BCUT2D eigenvalue weighted by Crippen LogP contribution is 2.22. The SMILES string of the molecule is Cn1cc(/C=N/NC(=O)c2n[nH]c3ccc([N+](=O)[O-])cc23)c2ccccc21. The molecule has 0 radical (unpaired) electrons. The molecule has 4 aromatic rings. The van der Waals surface area contributed by atoms with Crippen LogP contribution in [0.15, 0.2) is 53.8 Å². The van der Waals surface area contributed by atoms with Crippen molar-refractivity contribution in [1.82, 2.24) is 20.2 Å². The number of non-ortho nitro benzene ring substituents is 1. The molecule has 0 spiro atoms. The molecule has 0 saturated carbocycles.